The third-order valence-corrected chi connectivity index (χ3v) is 4.89. The van der Waals surface area contributed by atoms with Crippen LogP contribution in [0, 0.1) is 5.92 Å². The van der Waals surface area contributed by atoms with Gasteiger partial charge in [-0.05, 0) is 11.6 Å². The molecule has 1 unspecified atom stereocenters. The largest absolute Gasteiger partial charge is 0.330 e. The van der Waals surface area contributed by atoms with Gasteiger partial charge in [0.15, 0.2) is 5.78 Å². The number of carbonyl (C=O) groups is 1. The Morgan fingerprint density at radius 2 is 1.84 bits per heavy atom. The van der Waals surface area contributed by atoms with E-state index in [4.69, 9.17) is 9.05 Å². The van der Waals surface area contributed by atoms with Gasteiger partial charge in [0.25, 0.3) is 0 Å². The average Bonchev–Trinajstić information content (AvgIpc) is 2.45. The molecular weight excluding hydrogens is 263 g/mol. The predicted molar refractivity (Wildman–Crippen MR) is 76.1 cm³/mol. The average molecular weight is 282 g/mol. The zero-order valence-corrected chi connectivity index (χ0v) is 12.3. The van der Waals surface area contributed by atoms with Crippen molar-refractivity contribution in [3.8, 4) is 0 Å². The summed E-state index contributed by atoms with van der Waals surface area (Å²) in [4.78, 5) is 11.9. The highest BCUT2D eigenvalue weighted by Gasteiger charge is 2.27. The fourth-order valence-corrected chi connectivity index (χ4v) is 2.85. The molecule has 0 N–H and O–H groups in total. The van der Waals surface area contributed by atoms with Gasteiger partial charge >= 0.3 is 7.60 Å². The quantitative estimate of drug-likeness (QED) is 0.568. The van der Waals surface area contributed by atoms with Crippen molar-refractivity contribution in [3.63, 3.8) is 0 Å². The van der Waals surface area contributed by atoms with Gasteiger partial charge in [0, 0.05) is 20.1 Å². The smallest absolute Gasteiger partial charge is 0.312 e. The summed E-state index contributed by atoms with van der Waals surface area (Å²) in [5, 5.41) is 0. The van der Waals surface area contributed by atoms with Crippen molar-refractivity contribution in [1.29, 1.82) is 0 Å². The lowest BCUT2D eigenvalue weighted by Crippen LogP contribution is -2.14. The summed E-state index contributed by atoms with van der Waals surface area (Å²) in [6.07, 6.45) is 3.32. The third kappa shape index (κ3) is 5.11. The Morgan fingerprint density at radius 3 is 2.37 bits per heavy atom. The molecule has 1 aromatic rings. The Hall–Kier alpha value is -1.22. The van der Waals surface area contributed by atoms with Crippen molar-refractivity contribution >= 4 is 19.5 Å². The summed E-state index contributed by atoms with van der Waals surface area (Å²) in [5.41, 5.74) is 0.949. The summed E-state index contributed by atoms with van der Waals surface area (Å²) in [5.74, 6) is -0.510. The molecule has 0 aliphatic heterocycles. The molecule has 104 valence electrons. The van der Waals surface area contributed by atoms with Crippen molar-refractivity contribution in [2.45, 2.75) is 6.92 Å². The zero-order valence-electron chi connectivity index (χ0n) is 11.4. The van der Waals surface area contributed by atoms with Crippen LogP contribution >= 0.6 is 7.60 Å². The molecule has 0 fully saturated rings. The molecule has 0 radical (unpaired) electrons. The maximum Gasteiger partial charge on any atom is 0.330 e. The summed E-state index contributed by atoms with van der Waals surface area (Å²) in [6, 6.07) is 9.53. The fourth-order valence-electron chi connectivity index (χ4n) is 1.56. The number of hydrogen-bond acceptors (Lipinski definition) is 4. The van der Waals surface area contributed by atoms with E-state index in [2.05, 4.69) is 0 Å². The van der Waals surface area contributed by atoms with E-state index in [0.29, 0.717) is 0 Å². The summed E-state index contributed by atoms with van der Waals surface area (Å²) < 4.78 is 21.6. The van der Waals surface area contributed by atoms with E-state index < -0.39 is 13.5 Å². The number of benzene rings is 1. The third-order valence-electron chi connectivity index (χ3n) is 2.78. The standard InChI is InChI=1S/C14H19O4P/c1-12(11-19(16,17-2)18-3)14(15)10-9-13-7-5-4-6-8-13/h4-10,12H,11H2,1-3H3/b10-9+. The summed E-state index contributed by atoms with van der Waals surface area (Å²) >= 11 is 0. The van der Waals surface area contributed by atoms with Crippen molar-refractivity contribution in [2.24, 2.45) is 5.92 Å². The van der Waals surface area contributed by atoms with Gasteiger partial charge in [-0.3, -0.25) is 9.36 Å². The van der Waals surface area contributed by atoms with Crippen LogP contribution in [0.25, 0.3) is 6.08 Å². The van der Waals surface area contributed by atoms with Gasteiger partial charge in [0.05, 0.1) is 6.16 Å². The highest BCUT2D eigenvalue weighted by atomic mass is 31.2. The molecule has 0 aliphatic carbocycles. The summed E-state index contributed by atoms with van der Waals surface area (Å²) in [7, 11) is -0.500. The van der Waals surface area contributed by atoms with Crippen LogP contribution in [0.2, 0.25) is 0 Å². The molecule has 5 heteroatoms. The normalized spacial score (nSPS) is 13.6. The van der Waals surface area contributed by atoms with Gasteiger partial charge in [-0.1, -0.05) is 43.3 Å². The van der Waals surface area contributed by atoms with E-state index in [0.717, 1.165) is 5.56 Å². The van der Waals surface area contributed by atoms with Crippen LogP contribution in [0.3, 0.4) is 0 Å². The Morgan fingerprint density at radius 1 is 1.26 bits per heavy atom. The second-order valence-corrected chi connectivity index (χ2v) is 6.52. The van der Waals surface area contributed by atoms with Crippen molar-refractivity contribution < 1.29 is 18.4 Å². The van der Waals surface area contributed by atoms with Crippen LogP contribution in [0.15, 0.2) is 36.4 Å². The van der Waals surface area contributed by atoms with E-state index in [9.17, 15) is 9.36 Å². The molecule has 0 spiro atoms. The van der Waals surface area contributed by atoms with Crippen LogP contribution < -0.4 is 0 Å². The molecule has 0 saturated carbocycles. The van der Waals surface area contributed by atoms with Gasteiger partial charge in [0.2, 0.25) is 0 Å². The molecule has 0 aliphatic rings. The molecule has 0 bridgehead atoms. The minimum atomic E-state index is -3.14. The first kappa shape index (κ1) is 15.8. The Kier molecular flexibility index (Phi) is 6.16. The Labute approximate surface area is 114 Å². The van der Waals surface area contributed by atoms with E-state index in [1.54, 1.807) is 13.0 Å². The highest BCUT2D eigenvalue weighted by Crippen LogP contribution is 2.48. The van der Waals surface area contributed by atoms with Crippen molar-refractivity contribution in [1.82, 2.24) is 0 Å². The molecule has 0 heterocycles. The van der Waals surface area contributed by atoms with E-state index in [-0.39, 0.29) is 11.9 Å². The number of rotatable bonds is 7. The van der Waals surface area contributed by atoms with Crippen molar-refractivity contribution in [2.75, 3.05) is 20.4 Å². The molecule has 0 aromatic heterocycles. The number of allylic oxidation sites excluding steroid dienone is 1. The van der Waals surface area contributed by atoms with Gasteiger partial charge in [0.1, 0.15) is 0 Å². The minimum absolute atomic E-state index is 0.0813. The lowest BCUT2D eigenvalue weighted by atomic mass is 10.1. The molecule has 1 atom stereocenters. The fraction of sp³-hybridized carbons (Fsp3) is 0.357. The molecule has 19 heavy (non-hydrogen) atoms. The first-order valence-corrected chi connectivity index (χ1v) is 7.71. The van der Waals surface area contributed by atoms with E-state index in [1.807, 2.05) is 30.3 Å². The Bertz CT molecular complexity index is 473. The van der Waals surface area contributed by atoms with Gasteiger partial charge in [-0.15, -0.1) is 0 Å². The minimum Gasteiger partial charge on any atom is -0.312 e. The SMILES string of the molecule is COP(=O)(CC(C)C(=O)/C=C/c1ccccc1)OC. The van der Waals surface area contributed by atoms with Crippen LogP contribution in [0.5, 0.6) is 0 Å². The lowest BCUT2D eigenvalue weighted by Gasteiger charge is -2.16. The lowest BCUT2D eigenvalue weighted by molar-refractivity contribution is -0.117. The maximum atomic E-state index is 11.9. The molecule has 0 saturated heterocycles. The van der Waals surface area contributed by atoms with Gasteiger partial charge in [-0.25, -0.2) is 0 Å². The molecule has 4 nitrogen and oxygen atoms in total. The number of ketones is 1. The zero-order chi connectivity index (χ0) is 14.3. The molecule has 1 rings (SSSR count). The highest BCUT2D eigenvalue weighted by molar-refractivity contribution is 7.53. The van der Waals surface area contributed by atoms with Gasteiger partial charge < -0.3 is 9.05 Å². The molecule has 0 amide bonds. The van der Waals surface area contributed by atoms with Crippen LogP contribution in [0.4, 0.5) is 0 Å². The predicted octanol–water partition coefficient (Wildman–Crippen LogP) is 3.39. The summed E-state index contributed by atoms with van der Waals surface area (Å²) in [6.45, 7) is 1.71. The number of carbonyl (C=O) groups excluding carboxylic acids is 1. The molecule has 1 aromatic carbocycles. The van der Waals surface area contributed by atoms with Gasteiger partial charge in [-0.2, -0.15) is 0 Å². The van der Waals surface area contributed by atoms with Crippen LogP contribution in [0.1, 0.15) is 12.5 Å². The first-order chi connectivity index (χ1) is 9.00. The van der Waals surface area contributed by atoms with Crippen LogP contribution in [-0.2, 0) is 18.4 Å². The number of hydrogen-bond donors (Lipinski definition) is 0. The second kappa shape index (κ2) is 7.39. The maximum absolute atomic E-state index is 11.9. The topological polar surface area (TPSA) is 52.6 Å². The second-order valence-electron chi connectivity index (χ2n) is 4.21. The van der Waals surface area contributed by atoms with Crippen molar-refractivity contribution in [3.05, 3.63) is 42.0 Å². The van der Waals surface area contributed by atoms with E-state index in [1.165, 1.54) is 20.3 Å². The Balaban J connectivity index is 2.63. The van der Waals surface area contributed by atoms with Crippen LogP contribution in [-0.4, -0.2) is 26.2 Å². The molecular formula is C14H19O4P. The van der Waals surface area contributed by atoms with E-state index >= 15 is 0 Å². The first-order valence-electron chi connectivity index (χ1n) is 5.98. The monoisotopic (exact) mass is 282 g/mol.